The van der Waals surface area contributed by atoms with Crippen LogP contribution in [0.1, 0.15) is 39.5 Å². The molecule has 0 unspecified atom stereocenters. The average molecular weight is 281 g/mol. The largest absolute Gasteiger partial charge is 0.340 e. The Hall–Kier alpha value is -0.610. The van der Waals surface area contributed by atoms with Crippen molar-refractivity contribution in [3.63, 3.8) is 0 Å². The predicted octanol–water partition coefficient (Wildman–Crippen LogP) is 1.66. The standard InChI is InChI=1S/C14H25N3O.C2H6/c1-15-6-4-13(5-7-15)16-8-10-17(11-9-16)14(18)12-2-3-12;1-2/h12-13H,2-11H2,1H3;1-2H3. The fourth-order valence-electron chi connectivity index (χ4n) is 3.26. The van der Waals surface area contributed by atoms with Crippen molar-refractivity contribution in [2.75, 3.05) is 46.3 Å². The molecule has 1 aliphatic carbocycles. The van der Waals surface area contributed by atoms with E-state index in [0.29, 0.717) is 11.8 Å². The molecule has 2 aliphatic heterocycles. The first kappa shape index (κ1) is 15.8. The molecule has 0 aromatic carbocycles. The van der Waals surface area contributed by atoms with Gasteiger partial charge in [-0.3, -0.25) is 9.69 Å². The zero-order valence-corrected chi connectivity index (χ0v) is 13.5. The van der Waals surface area contributed by atoms with E-state index in [2.05, 4.69) is 21.7 Å². The molecule has 3 rings (SSSR count). The van der Waals surface area contributed by atoms with Gasteiger partial charge in [0.05, 0.1) is 0 Å². The topological polar surface area (TPSA) is 26.8 Å². The summed E-state index contributed by atoms with van der Waals surface area (Å²) in [4.78, 5) is 19.1. The van der Waals surface area contributed by atoms with Crippen LogP contribution in [0.15, 0.2) is 0 Å². The molecule has 2 heterocycles. The second kappa shape index (κ2) is 7.41. The number of hydrogen-bond donors (Lipinski definition) is 0. The van der Waals surface area contributed by atoms with Crippen LogP contribution in [-0.4, -0.2) is 73.0 Å². The summed E-state index contributed by atoms with van der Waals surface area (Å²) >= 11 is 0. The second-order valence-corrected chi connectivity index (χ2v) is 6.17. The van der Waals surface area contributed by atoms with Crippen molar-refractivity contribution in [3.8, 4) is 0 Å². The Morgan fingerprint density at radius 2 is 1.40 bits per heavy atom. The number of rotatable bonds is 2. The van der Waals surface area contributed by atoms with Gasteiger partial charge in [-0.25, -0.2) is 0 Å². The molecule has 3 fully saturated rings. The van der Waals surface area contributed by atoms with Crippen molar-refractivity contribution in [1.82, 2.24) is 14.7 Å². The van der Waals surface area contributed by atoms with Gasteiger partial charge in [0.15, 0.2) is 0 Å². The first-order valence-electron chi connectivity index (χ1n) is 8.45. The zero-order chi connectivity index (χ0) is 14.5. The van der Waals surface area contributed by atoms with Crippen molar-refractivity contribution in [3.05, 3.63) is 0 Å². The molecule has 1 amide bonds. The molecule has 0 spiro atoms. The number of carbonyl (C=O) groups is 1. The van der Waals surface area contributed by atoms with E-state index in [1.165, 1.54) is 25.9 Å². The van der Waals surface area contributed by atoms with Gasteiger partial charge in [-0.2, -0.15) is 0 Å². The van der Waals surface area contributed by atoms with E-state index >= 15 is 0 Å². The third-order valence-corrected chi connectivity index (χ3v) is 4.76. The van der Waals surface area contributed by atoms with Gasteiger partial charge in [-0.1, -0.05) is 13.8 Å². The number of hydrogen-bond acceptors (Lipinski definition) is 3. The highest BCUT2D eigenvalue weighted by Crippen LogP contribution is 2.31. The van der Waals surface area contributed by atoms with Crippen molar-refractivity contribution in [1.29, 1.82) is 0 Å². The lowest BCUT2D eigenvalue weighted by atomic mass is 10.0. The molecule has 4 heteroatoms. The molecule has 4 nitrogen and oxygen atoms in total. The number of carbonyl (C=O) groups excluding carboxylic acids is 1. The van der Waals surface area contributed by atoms with E-state index in [4.69, 9.17) is 0 Å². The number of piperazine rings is 1. The number of likely N-dealkylation sites (tertiary alicyclic amines) is 1. The van der Waals surface area contributed by atoms with Crippen molar-refractivity contribution in [2.24, 2.45) is 5.92 Å². The Bertz CT molecular complexity index is 301. The van der Waals surface area contributed by atoms with E-state index < -0.39 is 0 Å². The lowest BCUT2D eigenvalue weighted by Crippen LogP contribution is -2.54. The van der Waals surface area contributed by atoms with E-state index in [-0.39, 0.29) is 0 Å². The maximum absolute atomic E-state index is 12.0. The fraction of sp³-hybridized carbons (Fsp3) is 0.938. The Balaban J connectivity index is 0.000000704. The molecule has 0 bridgehead atoms. The third kappa shape index (κ3) is 3.95. The maximum atomic E-state index is 12.0. The Morgan fingerprint density at radius 1 is 0.850 bits per heavy atom. The van der Waals surface area contributed by atoms with Gasteiger partial charge < -0.3 is 9.80 Å². The highest BCUT2D eigenvalue weighted by molar-refractivity contribution is 5.81. The minimum absolute atomic E-state index is 0.389. The number of piperidine rings is 1. The van der Waals surface area contributed by atoms with Crippen LogP contribution in [-0.2, 0) is 4.79 Å². The quantitative estimate of drug-likeness (QED) is 0.770. The maximum Gasteiger partial charge on any atom is 0.225 e. The lowest BCUT2D eigenvalue weighted by molar-refractivity contribution is -0.134. The monoisotopic (exact) mass is 281 g/mol. The minimum atomic E-state index is 0.389. The van der Waals surface area contributed by atoms with Crippen LogP contribution in [0.25, 0.3) is 0 Å². The van der Waals surface area contributed by atoms with Gasteiger partial charge in [0.2, 0.25) is 5.91 Å². The highest BCUT2D eigenvalue weighted by atomic mass is 16.2. The van der Waals surface area contributed by atoms with Crippen LogP contribution in [0, 0.1) is 5.92 Å². The summed E-state index contributed by atoms with van der Waals surface area (Å²) in [5, 5.41) is 0. The smallest absolute Gasteiger partial charge is 0.225 e. The van der Waals surface area contributed by atoms with Gasteiger partial charge in [0.25, 0.3) is 0 Å². The van der Waals surface area contributed by atoms with Crippen molar-refractivity contribution < 1.29 is 4.79 Å². The summed E-state index contributed by atoms with van der Waals surface area (Å²) in [6, 6.07) is 0.763. The molecule has 0 N–H and O–H groups in total. The molecule has 0 radical (unpaired) electrons. The van der Waals surface area contributed by atoms with Gasteiger partial charge in [0.1, 0.15) is 0 Å². The third-order valence-electron chi connectivity index (χ3n) is 4.76. The summed E-state index contributed by atoms with van der Waals surface area (Å²) in [6.45, 7) is 10.6. The summed E-state index contributed by atoms with van der Waals surface area (Å²) in [5.41, 5.74) is 0. The summed E-state index contributed by atoms with van der Waals surface area (Å²) in [7, 11) is 2.21. The predicted molar refractivity (Wildman–Crippen MR) is 82.7 cm³/mol. The average Bonchev–Trinajstić information content (AvgIpc) is 3.34. The highest BCUT2D eigenvalue weighted by Gasteiger charge is 2.35. The molecule has 0 aromatic heterocycles. The Labute approximate surface area is 124 Å². The SMILES string of the molecule is CC.CN1CCC(N2CCN(C(=O)C3CC3)CC2)CC1. The molecule has 1 saturated carbocycles. The first-order chi connectivity index (χ1) is 9.74. The zero-order valence-electron chi connectivity index (χ0n) is 13.5. The summed E-state index contributed by atoms with van der Waals surface area (Å²) < 4.78 is 0. The molecular formula is C16H31N3O. The van der Waals surface area contributed by atoms with E-state index in [9.17, 15) is 4.79 Å². The van der Waals surface area contributed by atoms with E-state index in [1.807, 2.05) is 13.8 Å². The van der Waals surface area contributed by atoms with Crippen LogP contribution in [0.2, 0.25) is 0 Å². The van der Waals surface area contributed by atoms with Gasteiger partial charge >= 0.3 is 0 Å². The van der Waals surface area contributed by atoms with Crippen molar-refractivity contribution in [2.45, 2.75) is 45.6 Å². The van der Waals surface area contributed by atoms with Crippen LogP contribution in [0.5, 0.6) is 0 Å². The van der Waals surface area contributed by atoms with Gasteiger partial charge in [0, 0.05) is 38.1 Å². The Kier molecular flexibility index (Phi) is 5.85. The van der Waals surface area contributed by atoms with Crippen LogP contribution < -0.4 is 0 Å². The molecule has 2 saturated heterocycles. The summed E-state index contributed by atoms with van der Waals surface area (Å²) in [5.74, 6) is 0.818. The fourth-order valence-corrected chi connectivity index (χ4v) is 3.26. The minimum Gasteiger partial charge on any atom is -0.340 e. The Morgan fingerprint density at radius 3 is 1.90 bits per heavy atom. The molecule has 0 atom stereocenters. The molecule has 116 valence electrons. The van der Waals surface area contributed by atoms with Crippen LogP contribution in [0.3, 0.4) is 0 Å². The molecule has 0 aromatic rings. The van der Waals surface area contributed by atoms with E-state index in [1.54, 1.807) is 0 Å². The number of amides is 1. The van der Waals surface area contributed by atoms with Gasteiger partial charge in [-0.15, -0.1) is 0 Å². The first-order valence-corrected chi connectivity index (χ1v) is 8.45. The van der Waals surface area contributed by atoms with Crippen molar-refractivity contribution >= 4 is 5.91 Å². The molecule has 3 aliphatic rings. The normalized spacial score (nSPS) is 26.1. The van der Waals surface area contributed by atoms with Crippen LogP contribution >= 0.6 is 0 Å². The molecule has 20 heavy (non-hydrogen) atoms. The second-order valence-electron chi connectivity index (χ2n) is 6.17. The van der Waals surface area contributed by atoms with Gasteiger partial charge in [-0.05, 0) is 45.8 Å². The summed E-state index contributed by atoms with van der Waals surface area (Å²) in [6.07, 6.45) is 4.86. The lowest BCUT2D eigenvalue weighted by Gasteiger charge is -2.42. The molecular weight excluding hydrogens is 250 g/mol. The van der Waals surface area contributed by atoms with E-state index in [0.717, 1.165) is 45.1 Å². The van der Waals surface area contributed by atoms with Crippen LogP contribution in [0.4, 0.5) is 0 Å². The number of nitrogens with zero attached hydrogens (tertiary/aromatic N) is 3.